The van der Waals surface area contributed by atoms with Gasteiger partial charge in [0.1, 0.15) is 12.8 Å². The first-order chi connectivity index (χ1) is 14.5. The van der Waals surface area contributed by atoms with Gasteiger partial charge in [-0.15, -0.1) is 0 Å². The van der Waals surface area contributed by atoms with Crippen molar-refractivity contribution >= 4 is 16.6 Å². The van der Waals surface area contributed by atoms with E-state index in [4.69, 9.17) is 4.84 Å². The number of alkyl halides is 3. The largest absolute Gasteiger partial charge is 0.418 e. The number of pyridine rings is 1. The van der Waals surface area contributed by atoms with Crippen LogP contribution in [-0.2, 0) is 11.0 Å². The molecule has 0 fully saturated rings. The molecule has 0 spiro atoms. The van der Waals surface area contributed by atoms with Crippen molar-refractivity contribution in [3.63, 3.8) is 0 Å². The summed E-state index contributed by atoms with van der Waals surface area (Å²) < 4.78 is 40.8. The van der Waals surface area contributed by atoms with Crippen molar-refractivity contribution in [1.29, 1.82) is 0 Å². The van der Waals surface area contributed by atoms with Crippen LogP contribution in [-0.4, -0.2) is 17.8 Å². The molecule has 0 amide bonds. The van der Waals surface area contributed by atoms with Crippen LogP contribution < -0.4 is 0 Å². The lowest BCUT2D eigenvalue weighted by Crippen LogP contribution is -2.10. The van der Waals surface area contributed by atoms with E-state index >= 15 is 0 Å². The molecule has 3 nitrogen and oxygen atoms in total. The average molecular weight is 406 g/mol. The highest BCUT2D eigenvalue weighted by Crippen LogP contribution is 2.39. The Balaban J connectivity index is 2.09. The fourth-order valence-electron chi connectivity index (χ4n) is 3.49. The number of fused-ring (bicyclic) bond motifs is 1. The third-order valence-electron chi connectivity index (χ3n) is 4.75. The van der Waals surface area contributed by atoms with Gasteiger partial charge < -0.3 is 4.84 Å². The number of para-hydroxylation sites is 1. The number of hydrogen-bond donors (Lipinski definition) is 0. The molecule has 0 unspecified atom stereocenters. The van der Waals surface area contributed by atoms with Gasteiger partial charge in [-0.3, -0.25) is 4.98 Å². The molecule has 0 aliphatic heterocycles. The minimum Gasteiger partial charge on any atom is -0.399 e. The molecule has 30 heavy (non-hydrogen) atoms. The van der Waals surface area contributed by atoms with Crippen LogP contribution in [0.4, 0.5) is 13.2 Å². The minimum atomic E-state index is -4.51. The van der Waals surface area contributed by atoms with E-state index in [0.717, 1.165) is 17.2 Å². The zero-order chi connectivity index (χ0) is 21.1. The van der Waals surface area contributed by atoms with Gasteiger partial charge in [-0.25, -0.2) is 0 Å². The van der Waals surface area contributed by atoms with E-state index in [1.165, 1.54) is 19.4 Å². The van der Waals surface area contributed by atoms with Crippen LogP contribution in [0.2, 0.25) is 0 Å². The fourth-order valence-corrected chi connectivity index (χ4v) is 3.49. The number of rotatable bonds is 4. The third-order valence-corrected chi connectivity index (χ3v) is 4.75. The first-order valence-corrected chi connectivity index (χ1v) is 9.22. The van der Waals surface area contributed by atoms with E-state index in [1.807, 2.05) is 60.7 Å². The molecule has 0 saturated carbocycles. The van der Waals surface area contributed by atoms with E-state index < -0.39 is 11.7 Å². The van der Waals surface area contributed by atoms with E-state index in [-0.39, 0.29) is 5.52 Å². The second-order valence-electron chi connectivity index (χ2n) is 6.60. The first kappa shape index (κ1) is 19.6. The second-order valence-corrected chi connectivity index (χ2v) is 6.60. The average Bonchev–Trinajstić information content (AvgIpc) is 2.77. The fraction of sp³-hybridized carbons (Fsp3) is 0.0833. The zero-order valence-electron chi connectivity index (χ0n) is 16.0. The molecule has 0 atom stereocenters. The number of benzene rings is 3. The summed E-state index contributed by atoms with van der Waals surface area (Å²) in [5.74, 6) is 0. The highest BCUT2D eigenvalue weighted by atomic mass is 19.4. The van der Waals surface area contributed by atoms with Crippen LogP contribution in [0.1, 0.15) is 16.7 Å². The maximum absolute atomic E-state index is 13.6. The Labute approximate surface area is 171 Å². The predicted molar refractivity (Wildman–Crippen MR) is 111 cm³/mol. The van der Waals surface area contributed by atoms with Crippen molar-refractivity contribution in [2.75, 3.05) is 7.11 Å². The molecule has 150 valence electrons. The van der Waals surface area contributed by atoms with Crippen LogP contribution in [0.25, 0.3) is 22.0 Å². The van der Waals surface area contributed by atoms with Crippen LogP contribution >= 0.6 is 0 Å². The first-order valence-electron chi connectivity index (χ1n) is 9.22. The van der Waals surface area contributed by atoms with Gasteiger partial charge in [0.15, 0.2) is 0 Å². The smallest absolute Gasteiger partial charge is 0.399 e. The summed E-state index contributed by atoms with van der Waals surface area (Å²) in [6.07, 6.45) is -3.07. The predicted octanol–water partition coefficient (Wildman–Crippen LogP) is 6.32. The summed E-state index contributed by atoms with van der Waals surface area (Å²) in [7, 11) is 1.43. The Bertz CT molecular complexity index is 1200. The molecule has 6 heteroatoms. The van der Waals surface area contributed by atoms with Gasteiger partial charge in [-0.05, 0) is 11.6 Å². The van der Waals surface area contributed by atoms with Gasteiger partial charge in [0.2, 0.25) is 0 Å². The van der Waals surface area contributed by atoms with Crippen molar-refractivity contribution in [2.45, 2.75) is 6.18 Å². The molecule has 0 aliphatic carbocycles. The number of nitrogens with zero attached hydrogens (tertiary/aromatic N) is 2. The summed E-state index contributed by atoms with van der Waals surface area (Å²) in [6.45, 7) is 0. The number of oxime groups is 1. The third kappa shape index (κ3) is 3.64. The van der Waals surface area contributed by atoms with E-state index in [0.29, 0.717) is 22.2 Å². The van der Waals surface area contributed by atoms with Crippen LogP contribution in [0.5, 0.6) is 0 Å². The molecule has 0 N–H and O–H groups in total. The molecule has 0 bridgehead atoms. The summed E-state index contributed by atoms with van der Waals surface area (Å²) in [4.78, 5) is 9.28. The molecule has 0 aliphatic rings. The van der Waals surface area contributed by atoms with Crippen LogP contribution in [0, 0.1) is 0 Å². The lowest BCUT2D eigenvalue weighted by atomic mass is 9.91. The normalized spacial score (nSPS) is 12.2. The summed E-state index contributed by atoms with van der Waals surface area (Å²) in [5, 5.41) is 4.58. The summed E-state index contributed by atoms with van der Waals surface area (Å²) in [6, 6.07) is 22.7. The maximum Gasteiger partial charge on any atom is 0.418 e. The summed E-state index contributed by atoms with van der Waals surface area (Å²) in [5.41, 5.74) is 2.35. The Morgan fingerprint density at radius 2 is 1.53 bits per heavy atom. The monoisotopic (exact) mass is 406 g/mol. The molecule has 0 saturated heterocycles. The van der Waals surface area contributed by atoms with Crippen molar-refractivity contribution in [3.8, 4) is 11.1 Å². The Morgan fingerprint density at radius 3 is 2.17 bits per heavy atom. The van der Waals surface area contributed by atoms with E-state index in [2.05, 4.69) is 10.1 Å². The van der Waals surface area contributed by atoms with Crippen LogP contribution in [0.15, 0.2) is 90.2 Å². The Kier molecular flexibility index (Phi) is 5.23. The van der Waals surface area contributed by atoms with Gasteiger partial charge in [0, 0.05) is 28.3 Å². The maximum atomic E-state index is 13.6. The molecular weight excluding hydrogens is 389 g/mol. The molecule has 4 rings (SSSR count). The number of hydrogen-bond acceptors (Lipinski definition) is 3. The van der Waals surface area contributed by atoms with Crippen molar-refractivity contribution in [1.82, 2.24) is 4.98 Å². The number of aromatic nitrogens is 1. The molecule has 4 aromatic rings. The number of halogens is 3. The van der Waals surface area contributed by atoms with Crippen molar-refractivity contribution in [2.24, 2.45) is 5.16 Å². The van der Waals surface area contributed by atoms with Crippen molar-refractivity contribution < 1.29 is 18.0 Å². The standard InChI is InChI=1S/C24H17F3N2O/c1-30-29-22(17-11-6-3-7-12-17)19-15-28-23-18(13-8-14-20(23)24(25,26)27)21(19)16-9-4-2-5-10-16/h2-15H,1H3/b29-22+. The minimum absolute atomic E-state index is 0.0996. The highest BCUT2D eigenvalue weighted by molar-refractivity contribution is 6.19. The Morgan fingerprint density at radius 1 is 0.867 bits per heavy atom. The highest BCUT2D eigenvalue weighted by Gasteiger charge is 2.34. The Hall–Kier alpha value is -3.67. The van der Waals surface area contributed by atoms with Crippen molar-refractivity contribution in [3.05, 3.63) is 102 Å². The molecule has 3 aromatic carbocycles. The van der Waals surface area contributed by atoms with Gasteiger partial charge in [0.25, 0.3) is 0 Å². The molecular formula is C24H17F3N2O. The van der Waals surface area contributed by atoms with Gasteiger partial charge in [-0.2, -0.15) is 13.2 Å². The van der Waals surface area contributed by atoms with Crippen LogP contribution in [0.3, 0.4) is 0 Å². The van der Waals surface area contributed by atoms with E-state index in [9.17, 15) is 13.2 Å². The van der Waals surface area contributed by atoms with Gasteiger partial charge >= 0.3 is 6.18 Å². The zero-order valence-corrected chi connectivity index (χ0v) is 16.0. The summed E-state index contributed by atoms with van der Waals surface area (Å²) >= 11 is 0. The lowest BCUT2D eigenvalue weighted by Gasteiger charge is -2.17. The van der Waals surface area contributed by atoms with Gasteiger partial charge in [-0.1, -0.05) is 78.0 Å². The lowest BCUT2D eigenvalue weighted by molar-refractivity contribution is -0.136. The van der Waals surface area contributed by atoms with Gasteiger partial charge in [0.05, 0.1) is 11.1 Å². The molecule has 1 aromatic heterocycles. The quantitative estimate of drug-likeness (QED) is 0.294. The second kappa shape index (κ2) is 7.99. The molecule has 0 radical (unpaired) electrons. The molecule has 1 heterocycles. The SMILES string of the molecule is CO/N=C(\c1ccccc1)c1cnc2c(C(F)(F)F)cccc2c1-c1ccccc1. The van der Waals surface area contributed by atoms with E-state index in [1.54, 1.807) is 6.07 Å². The topological polar surface area (TPSA) is 34.5 Å².